The molecule has 0 radical (unpaired) electrons. The zero-order valence-corrected chi connectivity index (χ0v) is 15.5. The third kappa shape index (κ3) is 9.55. The van der Waals surface area contributed by atoms with Crippen molar-refractivity contribution >= 4 is 17.6 Å². The highest BCUT2D eigenvalue weighted by Gasteiger charge is 2.26. The zero-order chi connectivity index (χ0) is 18.5. The first-order valence-corrected chi connectivity index (χ1v) is 9.31. The van der Waals surface area contributed by atoms with E-state index in [2.05, 4.69) is 10.6 Å². The van der Waals surface area contributed by atoms with Gasteiger partial charge in [0, 0.05) is 40.8 Å². The Bertz CT molecular complexity index is 430. The highest BCUT2D eigenvalue weighted by Crippen LogP contribution is 2.24. The van der Waals surface area contributed by atoms with Crippen LogP contribution in [0, 0.1) is 5.92 Å². The second-order valence-corrected chi connectivity index (χ2v) is 6.30. The van der Waals surface area contributed by atoms with Gasteiger partial charge >= 0.3 is 0 Å². The molecule has 2 N–H and O–H groups in total. The number of hydrogen-bond acceptors (Lipinski definition) is 5. The Hall–Kier alpha value is -1.47. The molecule has 7 heteroatoms. The SMILES string of the molecule is CCOCCC(=O)NC1CCC(C(=O)NCCOCC(=O)CC)CC1.[HH].[HH]. The lowest BCUT2D eigenvalue weighted by Crippen LogP contribution is -2.41. The first-order chi connectivity index (χ1) is 12.1. The minimum absolute atomic E-state index is 0. The summed E-state index contributed by atoms with van der Waals surface area (Å²) >= 11 is 0. The van der Waals surface area contributed by atoms with Gasteiger partial charge in [0.05, 0.1) is 13.2 Å². The molecule has 7 nitrogen and oxygen atoms in total. The normalized spacial score (nSPS) is 20.1. The molecule has 1 aliphatic carbocycles. The van der Waals surface area contributed by atoms with Gasteiger partial charge in [-0.2, -0.15) is 0 Å². The standard InChI is InChI=1S/C18H32N2O5.2H2/c1-3-16(21)13-25-12-10-19-18(23)14-5-7-15(8-6-14)20-17(22)9-11-24-4-2;;/h14-15H,3-13H2,1-2H3,(H,19,23)(H,20,22);2*1H. The van der Waals surface area contributed by atoms with E-state index in [-0.39, 0.29) is 39.0 Å². The van der Waals surface area contributed by atoms with E-state index in [0.717, 1.165) is 25.7 Å². The molecule has 148 valence electrons. The van der Waals surface area contributed by atoms with Gasteiger partial charge < -0.3 is 20.1 Å². The molecule has 0 unspecified atom stereocenters. The average molecular weight is 360 g/mol. The number of carbonyl (C=O) groups is 3. The fourth-order valence-corrected chi connectivity index (χ4v) is 2.79. The van der Waals surface area contributed by atoms with Gasteiger partial charge in [-0.15, -0.1) is 0 Å². The third-order valence-electron chi connectivity index (χ3n) is 4.34. The number of Topliss-reactive ketones (excluding diaryl/α,β-unsaturated/α-hetero) is 1. The summed E-state index contributed by atoms with van der Waals surface area (Å²) in [7, 11) is 0. The summed E-state index contributed by atoms with van der Waals surface area (Å²) in [5.74, 6) is 0.105. The molecule has 0 heterocycles. The monoisotopic (exact) mass is 360 g/mol. The second kappa shape index (κ2) is 12.8. The smallest absolute Gasteiger partial charge is 0.223 e. The van der Waals surface area contributed by atoms with Gasteiger partial charge in [-0.05, 0) is 32.6 Å². The maximum Gasteiger partial charge on any atom is 0.223 e. The quantitative estimate of drug-likeness (QED) is 0.517. The summed E-state index contributed by atoms with van der Waals surface area (Å²) in [5, 5.41) is 5.87. The van der Waals surface area contributed by atoms with Crippen LogP contribution in [0.25, 0.3) is 0 Å². The minimum Gasteiger partial charge on any atom is -0.381 e. The molecule has 0 aromatic heterocycles. The molecule has 1 rings (SSSR count). The van der Waals surface area contributed by atoms with Gasteiger partial charge in [0.2, 0.25) is 11.8 Å². The summed E-state index contributed by atoms with van der Waals surface area (Å²) in [6, 6.07) is 0.154. The molecule has 0 bridgehead atoms. The predicted molar refractivity (Wildman–Crippen MR) is 98.4 cm³/mol. The van der Waals surface area contributed by atoms with E-state index >= 15 is 0 Å². The molecule has 0 aromatic rings. The highest BCUT2D eigenvalue weighted by molar-refractivity contribution is 5.79. The molecule has 0 atom stereocenters. The van der Waals surface area contributed by atoms with Crippen LogP contribution in [0.4, 0.5) is 0 Å². The largest absolute Gasteiger partial charge is 0.381 e. The molecule has 0 aromatic carbocycles. The Morgan fingerprint density at radius 1 is 1.04 bits per heavy atom. The van der Waals surface area contributed by atoms with Crippen LogP contribution in [-0.4, -0.2) is 56.6 Å². The summed E-state index contributed by atoms with van der Waals surface area (Å²) in [6.45, 7) is 5.65. The fourth-order valence-electron chi connectivity index (χ4n) is 2.79. The summed E-state index contributed by atoms with van der Waals surface area (Å²) in [4.78, 5) is 35.0. The van der Waals surface area contributed by atoms with E-state index in [1.165, 1.54) is 0 Å². The number of nitrogens with one attached hydrogen (secondary N) is 2. The van der Waals surface area contributed by atoms with Crippen LogP contribution in [0.3, 0.4) is 0 Å². The van der Waals surface area contributed by atoms with Crippen LogP contribution >= 0.6 is 0 Å². The van der Waals surface area contributed by atoms with Gasteiger partial charge in [-0.25, -0.2) is 0 Å². The van der Waals surface area contributed by atoms with Gasteiger partial charge in [0.25, 0.3) is 0 Å². The van der Waals surface area contributed by atoms with Gasteiger partial charge in [-0.3, -0.25) is 14.4 Å². The van der Waals surface area contributed by atoms with Crippen molar-refractivity contribution in [3.63, 3.8) is 0 Å². The number of ketones is 1. The molecule has 2 amide bonds. The zero-order valence-electron chi connectivity index (χ0n) is 15.5. The van der Waals surface area contributed by atoms with Crippen LogP contribution < -0.4 is 10.6 Å². The number of rotatable bonds is 12. The van der Waals surface area contributed by atoms with E-state index in [9.17, 15) is 14.4 Å². The van der Waals surface area contributed by atoms with Crippen molar-refractivity contribution in [3.8, 4) is 0 Å². The topological polar surface area (TPSA) is 93.7 Å². The van der Waals surface area contributed by atoms with Crippen molar-refractivity contribution in [2.75, 3.05) is 33.0 Å². The first kappa shape index (κ1) is 21.6. The third-order valence-corrected chi connectivity index (χ3v) is 4.34. The van der Waals surface area contributed by atoms with Crippen molar-refractivity contribution in [1.29, 1.82) is 0 Å². The Kier molecular flexibility index (Phi) is 11.1. The lowest BCUT2D eigenvalue weighted by molar-refractivity contribution is -0.126. The number of ether oxygens (including phenoxy) is 2. The summed E-state index contributed by atoms with van der Waals surface area (Å²) < 4.78 is 10.4. The van der Waals surface area contributed by atoms with Crippen LogP contribution in [0.1, 0.15) is 55.2 Å². The Balaban J connectivity index is 0. The van der Waals surface area contributed by atoms with Crippen molar-refractivity contribution in [2.24, 2.45) is 5.92 Å². The van der Waals surface area contributed by atoms with E-state index in [4.69, 9.17) is 9.47 Å². The van der Waals surface area contributed by atoms with Crippen molar-refractivity contribution in [2.45, 2.75) is 58.4 Å². The lowest BCUT2D eigenvalue weighted by Gasteiger charge is -2.28. The summed E-state index contributed by atoms with van der Waals surface area (Å²) in [6.07, 6.45) is 4.04. The Labute approximate surface area is 153 Å². The van der Waals surface area contributed by atoms with E-state index < -0.39 is 0 Å². The highest BCUT2D eigenvalue weighted by atomic mass is 16.5. The second-order valence-electron chi connectivity index (χ2n) is 6.30. The first-order valence-electron chi connectivity index (χ1n) is 9.31. The van der Waals surface area contributed by atoms with Gasteiger partial charge in [0.15, 0.2) is 5.78 Å². The van der Waals surface area contributed by atoms with E-state index in [0.29, 0.717) is 39.2 Å². The van der Waals surface area contributed by atoms with E-state index in [1.54, 1.807) is 6.92 Å². The molecule has 1 aliphatic rings. The molecule has 1 saturated carbocycles. The molecule has 0 spiro atoms. The molecular formula is C18H36N2O5. The number of hydrogen-bond donors (Lipinski definition) is 2. The van der Waals surface area contributed by atoms with Crippen molar-refractivity contribution in [1.82, 2.24) is 10.6 Å². The Morgan fingerprint density at radius 3 is 2.40 bits per heavy atom. The van der Waals surface area contributed by atoms with Crippen molar-refractivity contribution in [3.05, 3.63) is 0 Å². The number of amides is 2. The lowest BCUT2D eigenvalue weighted by atomic mass is 9.85. The molecule has 25 heavy (non-hydrogen) atoms. The van der Waals surface area contributed by atoms with Crippen molar-refractivity contribution < 1.29 is 26.7 Å². The summed E-state index contributed by atoms with van der Waals surface area (Å²) in [5.41, 5.74) is 0. The molecule has 1 fully saturated rings. The molecular weight excluding hydrogens is 324 g/mol. The van der Waals surface area contributed by atoms with Crippen LogP contribution in [0.2, 0.25) is 0 Å². The van der Waals surface area contributed by atoms with E-state index in [1.807, 2.05) is 6.92 Å². The van der Waals surface area contributed by atoms with Crippen LogP contribution in [-0.2, 0) is 23.9 Å². The van der Waals surface area contributed by atoms with Crippen LogP contribution in [0.15, 0.2) is 0 Å². The predicted octanol–water partition coefficient (Wildman–Crippen LogP) is 1.69. The molecule has 0 aliphatic heterocycles. The maximum atomic E-state index is 12.1. The van der Waals surface area contributed by atoms with Crippen LogP contribution in [0.5, 0.6) is 0 Å². The van der Waals surface area contributed by atoms with Gasteiger partial charge in [-0.1, -0.05) is 6.92 Å². The molecule has 0 saturated heterocycles. The number of carbonyl (C=O) groups excluding carboxylic acids is 3. The van der Waals surface area contributed by atoms with Gasteiger partial charge in [0.1, 0.15) is 6.61 Å². The average Bonchev–Trinajstić information content (AvgIpc) is 2.61. The minimum atomic E-state index is -0.00569. The fraction of sp³-hybridized carbons (Fsp3) is 0.833. The Morgan fingerprint density at radius 2 is 1.76 bits per heavy atom. The maximum absolute atomic E-state index is 12.1.